The molecule has 296 valence electrons. The number of aromatic amines is 1. The zero-order valence-corrected chi connectivity index (χ0v) is 33.3. The molecule has 2 N–H and O–H groups in total. The van der Waals surface area contributed by atoms with Crippen LogP contribution in [0.3, 0.4) is 0 Å². The van der Waals surface area contributed by atoms with E-state index in [-0.39, 0.29) is 5.91 Å². The topological polar surface area (TPSA) is 117 Å². The van der Waals surface area contributed by atoms with Crippen LogP contribution in [0.2, 0.25) is 0 Å². The fourth-order valence-corrected chi connectivity index (χ4v) is 8.05. The van der Waals surface area contributed by atoms with Crippen molar-refractivity contribution in [1.82, 2.24) is 19.9 Å². The maximum Gasteiger partial charge on any atom is 0.258 e. The molecule has 2 saturated heterocycles. The third kappa shape index (κ3) is 8.20. The monoisotopic (exact) mass is 770 g/mol. The smallest absolute Gasteiger partial charge is 0.258 e. The minimum atomic E-state index is -0.519. The van der Waals surface area contributed by atoms with Crippen LogP contribution in [-0.4, -0.2) is 71.9 Å². The van der Waals surface area contributed by atoms with Crippen LogP contribution in [0.5, 0.6) is 0 Å². The second-order valence-electron chi connectivity index (χ2n) is 14.9. The third-order valence-electron chi connectivity index (χ3n) is 11.4. The highest BCUT2D eigenvalue weighted by Crippen LogP contribution is 2.43. The van der Waals surface area contributed by atoms with Crippen LogP contribution in [0, 0.1) is 11.2 Å². The zero-order valence-electron chi connectivity index (χ0n) is 33.3. The van der Waals surface area contributed by atoms with Crippen molar-refractivity contribution in [2.75, 3.05) is 50.1 Å². The van der Waals surface area contributed by atoms with Gasteiger partial charge in [-0.2, -0.15) is 0 Å². The molecule has 6 heterocycles. The van der Waals surface area contributed by atoms with E-state index in [0.29, 0.717) is 52.7 Å². The number of aldehydes is 1. The number of para-hydroxylation sites is 2. The normalized spacial score (nSPS) is 17.0. The number of carbonyl (C=O) groups is 2. The molecule has 9 rings (SSSR count). The van der Waals surface area contributed by atoms with Gasteiger partial charge >= 0.3 is 0 Å². The highest BCUT2D eigenvalue weighted by Gasteiger charge is 2.44. The summed E-state index contributed by atoms with van der Waals surface area (Å²) >= 11 is 0. The minimum absolute atomic E-state index is 0.223. The van der Waals surface area contributed by atoms with E-state index < -0.39 is 5.82 Å². The van der Waals surface area contributed by atoms with E-state index >= 15 is 0 Å². The number of nitrogens with zero attached hydrogens (tertiary/aromatic N) is 4. The summed E-state index contributed by atoms with van der Waals surface area (Å²) in [5.41, 5.74) is 9.68. The SMILES string of the molecule is C=C(/C(C=O)=C\C1=C(C)CCC1)N1CC2(CCOCC2)C1.CC.CNc1ccc(C(=O)N2CCc3cc(-c4nc5ccccc5[nH]4)oc3-c3ncc(F)cc32)cc1. The van der Waals surface area contributed by atoms with Gasteiger partial charge in [0.2, 0.25) is 0 Å². The quantitative estimate of drug-likeness (QED) is 0.0956. The zero-order chi connectivity index (χ0) is 40.1. The molecule has 1 aliphatic carbocycles. The van der Waals surface area contributed by atoms with Crippen molar-refractivity contribution in [3.05, 3.63) is 119 Å². The predicted octanol–water partition coefficient (Wildman–Crippen LogP) is 9.53. The fraction of sp³-hybridized carbons (Fsp3) is 0.348. The number of hydrogen-bond acceptors (Lipinski definition) is 8. The van der Waals surface area contributed by atoms with Gasteiger partial charge in [0.05, 0.1) is 22.9 Å². The van der Waals surface area contributed by atoms with Crippen LogP contribution in [-0.2, 0) is 16.0 Å². The predicted molar refractivity (Wildman–Crippen MR) is 224 cm³/mol. The number of likely N-dealkylation sites (tertiary alicyclic amines) is 1. The Labute approximate surface area is 333 Å². The number of carbonyl (C=O) groups excluding carboxylic acids is 2. The van der Waals surface area contributed by atoms with Crippen LogP contribution in [0.1, 0.15) is 68.8 Å². The summed E-state index contributed by atoms with van der Waals surface area (Å²) in [6.45, 7) is 14.5. The van der Waals surface area contributed by atoms with Crippen molar-refractivity contribution in [2.45, 2.75) is 59.3 Å². The number of rotatable bonds is 7. The molecule has 3 aliphatic heterocycles. The number of nitrogens with one attached hydrogen (secondary N) is 2. The van der Waals surface area contributed by atoms with E-state index in [9.17, 15) is 14.0 Å². The molecule has 5 aromatic rings. The highest BCUT2D eigenvalue weighted by atomic mass is 19.1. The molecule has 2 aromatic carbocycles. The van der Waals surface area contributed by atoms with Crippen molar-refractivity contribution in [3.8, 4) is 23.0 Å². The number of allylic oxidation sites excluding steroid dienone is 4. The second-order valence-corrected chi connectivity index (χ2v) is 14.9. The number of aromatic nitrogens is 3. The van der Waals surface area contributed by atoms with E-state index in [2.05, 4.69) is 44.7 Å². The van der Waals surface area contributed by atoms with Gasteiger partial charge in [-0.15, -0.1) is 0 Å². The molecule has 57 heavy (non-hydrogen) atoms. The first-order valence-corrected chi connectivity index (χ1v) is 19.9. The largest absolute Gasteiger partial charge is 0.451 e. The molecular weight excluding hydrogens is 720 g/mol. The molecule has 11 heteroatoms. The van der Waals surface area contributed by atoms with Gasteiger partial charge in [0, 0.05) is 79.5 Å². The maximum atomic E-state index is 14.3. The summed E-state index contributed by atoms with van der Waals surface area (Å²) in [5.74, 6) is 0.955. The van der Waals surface area contributed by atoms with E-state index in [4.69, 9.17) is 9.15 Å². The number of amides is 1. The number of imidazole rings is 1. The number of H-pyrrole nitrogens is 1. The summed E-state index contributed by atoms with van der Waals surface area (Å²) in [6.07, 6.45) is 10.4. The summed E-state index contributed by atoms with van der Waals surface area (Å²) in [4.78, 5) is 40.9. The second kappa shape index (κ2) is 17.1. The lowest BCUT2D eigenvalue weighted by atomic mass is 9.73. The summed E-state index contributed by atoms with van der Waals surface area (Å²) < 4.78 is 25.9. The Morgan fingerprint density at radius 3 is 2.47 bits per heavy atom. The Morgan fingerprint density at radius 1 is 1.04 bits per heavy atom. The van der Waals surface area contributed by atoms with Crippen molar-refractivity contribution >= 4 is 34.6 Å². The van der Waals surface area contributed by atoms with Gasteiger partial charge in [0.15, 0.2) is 23.6 Å². The first-order chi connectivity index (χ1) is 27.7. The van der Waals surface area contributed by atoms with E-state index in [1.54, 1.807) is 17.0 Å². The maximum absolute atomic E-state index is 14.3. The Bertz CT molecular complexity index is 2290. The highest BCUT2D eigenvalue weighted by molar-refractivity contribution is 6.08. The Hall–Kier alpha value is -5.81. The molecule has 1 amide bonds. The molecule has 0 atom stereocenters. The summed E-state index contributed by atoms with van der Waals surface area (Å²) in [6, 6.07) is 18.2. The lowest BCUT2D eigenvalue weighted by Gasteiger charge is -2.54. The standard InChI is InChI=1S/C26H20FN5O2.C18H25NO2.C2H6/c1-28-18-8-6-15(7-9-18)26(33)32-11-10-16-12-22(25-30-19-4-2-3-5-20(19)31-25)34-24(16)23-21(32)13-17(27)14-29-23;1-14-4-3-5-16(14)10-17(11-20)15(2)19-12-18(13-19)6-8-21-9-7-18;1-2/h2-9,12-14,28H,10-11H2,1H3,(H,30,31);10-11H,2-9,12-13H2,1H3;1-2H3/b;17-10-;. The molecule has 4 aliphatic rings. The first kappa shape index (κ1) is 39.4. The van der Waals surface area contributed by atoms with E-state index in [0.717, 1.165) is 98.0 Å². The number of anilines is 2. The van der Waals surface area contributed by atoms with Gasteiger partial charge in [0.25, 0.3) is 5.91 Å². The van der Waals surface area contributed by atoms with Crippen molar-refractivity contribution < 1.29 is 23.1 Å². The van der Waals surface area contributed by atoms with Crippen molar-refractivity contribution in [3.63, 3.8) is 0 Å². The van der Waals surface area contributed by atoms with Gasteiger partial charge in [0.1, 0.15) is 11.5 Å². The fourth-order valence-electron chi connectivity index (χ4n) is 8.05. The van der Waals surface area contributed by atoms with E-state index in [1.807, 2.05) is 63.4 Å². The Balaban J connectivity index is 0.000000185. The van der Waals surface area contributed by atoms with Gasteiger partial charge in [-0.3, -0.25) is 9.59 Å². The van der Waals surface area contributed by atoms with Crippen LogP contribution in [0.15, 0.2) is 106 Å². The van der Waals surface area contributed by atoms with Gasteiger partial charge in [-0.05, 0) is 99.6 Å². The van der Waals surface area contributed by atoms with Crippen LogP contribution in [0.25, 0.3) is 34.1 Å². The number of furan rings is 1. The lowest BCUT2D eigenvalue weighted by Crippen LogP contribution is -2.57. The summed E-state index contributed by atoms with van der Waals surface area (Å²) in [5, 5.41) is 3.04. The Kier molecular flexibility index (Phi) is 11.9. The Morgan fingerprint density at radius 2 is 1.79 bits per heavy atom. The molecule has 0 unspecified atom stereocenters. The van der Waals surface area contributed by atoms with Crippen LogP contribution in [0.4, 0.5) is 15.8 Å². The number of pyridine rings is 1. The molecule has 0 radical (unpaired) electrons. The van der Waals surface area contributed by atoms with Crippen LogP contribution >= 0.6 is 0 Å². The molecule has 10 nitrogen and oxygen atoms in total. The molecule has 1 spiro atoms. The number of hydrogen-bond donors (Lipinski definition) is 2. The number of ether oxygens (including phenoxy) is 1. The average molecular weight is 771 g/mol. The van der Waals surface area contributed by atoms with Gasteiger partial charge in [-0.25, -0.2) is 14.4 Å². The molecule has 0 bridgehead atoms. The van der Waals surface area contributed by atoms with Crippen molar-refractivity contribution in [2.24, 2.45) is 5.41 Å². The molecule has 0 saturated carbocycles. The van der Waals surface area contributed by atoms with Crippen molar-refractivity contribution in [1.29, 1.82) is 0 Å². The van der Waals surface area contributed by atoms with Gasteiger partial charge in [-0.1, -0.05) is 38.1 Å². The number of halogens is 1. The lowest BCUT2D eigenvalue weighted by molar-refractivity contribution is -0.105. The first-order valence-electron chi connectivity index (χ1n) is 19.9. The molecule has 2 fully saturated rings. The minimum Gasteiger partial charge on any atom is -0.451 e. The van der Waals surface area contributed by atoms with E-state index in [1.165, 1.54) is 23.6 Å². The van der Waals surface area contributed by atoms with Gasteiger partial charge < -0.3 is 29.3 Å². The molecular formula is C46H51FN6O4. The van der Waals surface area contributed by atoms with Crippen LogP contribution < -0.4 is 10.2 Å². The number of fused-ring (bicyclic) bond motifs is 4. The third-order valence-corrected chi connectivity index (χ3v) is 11.4. The average Bonchev–Trinajstić information content (AvgIpc) is 3.96. The summed E-state index contributed by atoms with van der Waals surface area (Å²) in [7, 11) is 1.82. The molecule has 3 aromatic heterocycles. The number of benzene rings is 2.